The number of alkyl halides is 3. The molecule has 6 nitrogen and oxygen atoms in total. The van der Waals surface area contributed by atoms with Crippen LogP contribution in [0.5, 0.6) is 11.5 Å². The molecule has 184 valence electrons. The monoisotopic (exact) mass is 489 g/mol. The van der Waals surface area contributed by atoms with Gasteiger partial charge in [-0.05, 0) is 67.1 Å². The number of methoxy groups -OCH3 is 1. The Kier molecular flexibility index (Phi) is 7.95. The topological polar surface area (TPSA) is 83.4 Å². The first-order valence-electron chi connectivity index (χ1n) is 10.5. The van der Waals surface area contributed by atoms with E-state index in [2.05, 4.69) is 5.32 Å². The highest BCUT2D eigenvalue weighted by Gasteiger charge is 2.40. The lowest BCUT2D eigenvalue weighted by Crippen LogP contribution is -2.45. The largest absolute Gasteiger partial charge is 0.497 e. The van der Waals surface area contributed by atoms with Crippen LogP contribution in [-0.4, -0.2) is 31.4 Å². The zero-order valence-electron chi connectivity index (χ0n) is 18.8. The third-order valence-corrected chi connectivity index (χ3v) is 5.06. The number of halogens is 4. The molecule has 0 aliphatic rings. The van der Waals surface area contributed by atoms with Crippen LogP contribution in [0.4, 0.5) is 28.9 Å². The van der Waals surface area contributed by atoms with Crippen molar-refractivity contribution in [2.75, 3.05) is 12.4 Å². The van der Waals surface area contributed by atoms with E-state index in [0.29, 0.717) is 28.3 Å². The van der Waals surface area contributed by atoms with E-state index >= 15 is 0 Å². The standard InChI is InChI=1S/C25H23F4N3O3/c1-15(31-24(33)25(27,28)29)23(16-4-3-5-20(12-16)34-2)35-21-10-11-22(17(13-21)14-30)32-19-8-6-18(26)7-9-19/h3-15,23,30,32H,1-2H3,(H,31,33)/t15-,23-/m0/s1. The van der Waals surface area contributed by atoms with Crippen molar-refractivity contribution in [3.8, 4) is 11.5 Å². The molecule has 35 heavy (non-hydrogen) atoms. The minimum Gasteiger partial charge on any atom is -0.497 e. The summed E-state index contributed by atoms with van der Waals surface area (Å²) in [5.74, 6) is -1.75. The van der Waals surface area contributed by atoms with Gasteiger partial charge in [-0.3, -0.25) is 4.79 Å². The molecular formula is C25H23F4N3O3. The molecule has 3 rings (SSSR count). The average molecular weight is 489 g/mol. The molecule has 0 radical (unpaired) electrons. The van der Waals surface area contributed by atoms with Gasteiger partial charge in [-0.15, -0.1) is 0 Å². The molecule has 0 aromatic heterocycles. The van der Waals surface area contributed by atoms with Crippen molar-refractivity contribution in [2.45, 2.75) is 25.2 Å². The summed E-state index contributed by atoms with van der Waals surface area (Å²) in [6.07, 6.45) is -4.98. The zero-order chi connectivity index (χ0) is 25.6. The van der Waals surface area contributed by atoms with Gasteiger partial charge in [0.2, 0.25) is 0 Å². The van der Waals surface area contributed by atoms with E-state index in [1.165, 1.54) is 44.4 Å². The van der Waals surface area contributed by atoms with Crippen LogP contribution >= 0.6 is 0 Å². The van der Waals surface area contributed by atoms with Gasteiger partial charge >= 0.3 is 12.1 Å². The number of hydrogen-bond acceptors (Lipinski definition) is 5. The van der Waals surface area contributed by atoms with Gasteiger partial charge in [-0.1, -0.05) is 12.1 Å². The first kappa shape index (κ1) is 25.5. The molecule has 0 spiro atoms. The lowest BCUT2D eigenvalue weighted by Gasteiger charge is -2.27. The van der Waals surface area contributed by atoms with Crippen LogP contribution in [0, 0.1) is 11.2 Å². The second kappa shape index (κ2) is 10.9. The van der Waals surface area contributed by atoms with Crippen LogP contribution in [0.3, 0.4) is 0 Å². The zero-order valence-corrected chi connectivity index (χ0v) is 18.8. The number of carbonyl (C=O) groups is 1. The second-order valence-corrected chi connectivity index (χ2v) is 7.60. The minimum absolute atomic E-state index is 0.258. The summed E-state index contributed by atoms with van der Waals surface area (Å²) < 4.78 is 62.9. The average Bonchev–Trinajstić information content (AvgIpc) is 2.83. The van der Waals surface area contributed by atoms with Crippen molar-refractivity contribution in [1.82, 2.24) is 5.32 Å². The van der Waals surface area contributed by atoms with Gasteiger partial charge in [0.25, 0.3) is 0 Å². The lowest BCUT2D eigenvalue weighted by molar-refractivity contribution is -0.174. The van der Waals surface area contributed by atoms with Crippen molar-refractivity contribution < 1.29 is 31.8 Å². The van der Waals surface area contributed by atoms with E-state index in [1.54, 1.807) is 36.4 Å². The molecule has 3 N–H and O–H groups in total. The van der Waals surface area contributed by atoms with E-state index in [4.69, 9.17) is 14.9 Å². The minimum atomic E-state index is -5.05. The molecule has 0 fully saturated rings. The molecule has 1 amide bonds. The van der Waals surface area contributed by atoms with Crippen molar-refractivity contribution in [3.05, 3.63) is 83.7 Å². The Hall–Kier alpha value is -4.08. The van der Waals surface area contributed by atoms with E-state index < -0.39 is 24.2 Å². The molecule has 0 saturated carbocycles. The normalized spacial score (nSPS) is 12.9. The Morgan fingerprint density at radius 1 is 1.03 bits per heavy atom. The molecular weight excluding hydrogens is 466 g/mol. The smallest absolute Gasteiger partial charge is 0.471 e. The Morgan fingerprint density at radius 3 is 2.37 bits per heavy atom. The quantitative estimate of drug-likeness (QED) is 0.264. The SMILES string of the molecule is COc1cccc([C@@H](Oc2ccc(Nc3ccc(F)cc3)c(C=N)c2)[C@H](C)NC(=O)C(F)(F)F)c1. The Bertz CT molecular complexity index is 1180. The molecule has 0 bridgehead atoms. The maximum atomic E-state index is 13.2. The molecule has 3 aromatic rings. The summed E-state index contributed by atoms with van der Waals surface area (Å²) in [6, 6.07) is 15.9. The summed E-state index contributed by atoms with van der Waals surface area (Å²) >= 11 is 0. The molecule has 0 saturated heterocycles. The molecule has 10 heteroatoms. The molecule has 0 unspecified atom stereocenters. The van der Waals surface area contributed by atoms with Crippen LogP contribution in [-0.2, 0) is 4.79 Å². The van der Waals surface area contributed by atoms with Gasteiger partial charge in [0, 0.05) is 23.2 Å². The van der Waals surface area contributed by atoms with E-state index in [-0.39, 0.29) is 11.6 Å². The van der Waals surface area contributed by atoms with Crippen molar-refractivity contribution in [2.24, 2.45) is 0 Å². The number of carbonyl (C=O) groups excluding carboxylic acids is 1. The van der Waals surface area contributed by atoms with E-state index in [9.17, 15) is 22.4 Å². The highest BCUT2D eigenvalue weighted by atomic mass is 19.4. The van der Waals surface area contributed by atoms with Crippen LogP contribution in [0.2, 0.25) is 0 Å². The number of anilines is 2. The fourth-order valence-electron chi connectivity index (χ4n) is 3.32. The summed E-state index contributed by atoms with van der Waals surface area (Å²) in [7, 11) is 1.45. The van der Waals surface area contributed by atoms with Crippen LogP contribution in [0.15, 0.2) is 66.7 Å². The third-order valence-electron chi connectivity index (χ3n) is 5.06. The van der Waals surface area contributed by atoms with Gasteiger partial charge in [0.15, 0.2) is 0 Å². The fraction of sp³-hybridized carbons (Fsp3) is 0.200. The fourth-order valence-corrected chi connectivity index (χ4v) is 3.32. The number of ether oxygens (including phenoxy) is 2. The highest BCUT2D eigenvalue weighted by molar-refractivity contribution is 5.88. The number of benzene rings is 3. The van der Waals surface area contributed by atoms with Gasteiger partial charge in [0.1, 0.15) is 23.4 Å². The molecule has 3 aromatic carbocycles. The predicted molar refractivity (Wildman–Crippen MR) is 124 cm³/mol. The summed E-state index contributed by atoms with van der Waals surface area (Å²) in [4.78, 5) is 11.5. The maximum Gasteiger partial charge on any atom is 0.471 e. The Labute approximate surface area is 199 Å². The summed E-state index contributed by atoms with van der Waals surface area (Å²) in [5.41, 5.74) is 2.03. The van der Waals surface area contributed by atoms with Crippen LogP contribution in [0.1, 0.15) is 24.2 Å². The van der Waals surface area contributed by atoms with Crippen molar-refractivity contribution >= 4 is 23.5 Å². The Morgan fingerprint density at radius 2 is 1.74 bits per heavy atom. The lowest BCUT2D eigenvalue weighted by atomic mass is 10.0. The second-order valence-electron chi connectivity index (χ2n) is 7.60. The molecule has 0 heterocycles. The predicted octanol–water partition coefficient (Wildman–Crippen LogP) is 5.76. The van der Waals surface area contributed by atoms with Crippen molar-refractivity contribution in [3.63, 3.8) is 0 Å². The van der Waals surface area contributed by atoms with E-state index in [0.717, 1.165) is 6.21 Å². The first-order chi connectivity index (χ1) is 16.6. The van der Waals surface area contributed by atoms with Crippen LogP contribution < -0.4 is 20.1 Å². The maximum absolute atomic E-state index is 13.2. The number of hydrogen-bond donors (Lipinski definition) is 3. The summed E-state index contributed by atoms with van der Waals surface area (Å²) in [5, 5.41) is 12.8. The number of amides is 1. The number of nitrogens with one attached hydrogen (secondary N) is 3. The number of rotatable bonds is 9. The van der Waals surface area contributed by atoms with Crippen LogP contribution in [0.25, 0.3) is 0 Å². The highest BCUT2D eigenvalue weighted by Crippen LogP contribution is 2.31. The molecule has 0 aliphatic heterocycles. The molecule has 2 atom stereocenters. The first-order valence-corrected chi connectivity index (χ1v) is 10.5. The van der Waals surface area contributed by atoms with Gasteiger partial charge < -0.3 is 25.5 Å². The van der Waals surface area contributed by atoms with Gasteiger partial charge in [-0.25, -0.2) is 4.39 Å². The van der Waals surface area contributed by atoms with Crippen molar-refractivity contribution in [1.29, 1.82) is 5.41 Å². The Balaban J connectivity index is 1.90. The van der Waals surface area contributed by atoms with Gasteiger partial charge in [0.05, 0.1) is 13.2 Å². The van der Waals surface area contributed by atoms with E-state index in [1.807, 2.05) is 5.32 Å². The third kappa shape index (κ3) is 6.72. The summed E-state index contributed by atoms with van der Waals surface area (Å²) in [6.45, 7) is 1.40. The van der Waals surface area contributed by atoms with Gasteiger partial charge in [-0.2, -0.15) is 13.2 Å². The molecule has 0 aliphatic carbocycles.